The van der Waals surface area contributed by atoms with Crippen LogP contribution in [0.25, 0.3) is 0 Å². The van der Waals surface area contributed by atoms with Crippen LogP contribution in [0.15, 0.2) is 46.7 Å². The Hall–Kier alpha value is -1.17. The van der Waals surface area contributed by atoms with Gasteiger partial charge in [0.25, 0.3) is 0 Å². The monoisotopic (exact) mass is 308 g/mol. The Balaban J connectivity index is 1.94. The van der Waals surface area contributed by atoms with Gasteiger partial charge in [0.05, 0.1) is 16.2 Å². The molecule has 1 aromatic heterocycles. The number of sulfone groups is 1. The van der Waals surface area contributed by atoms with E-state index in [1.807, 2.05) is 17.5 Å². The van der Waals surface area contributed by atoms with Gasteiger partial charge >= 0.3 is 0 Å². The molecule has 3 nitrogen and oxygen atoms in total. The Labute approximate surface area is 122 Å². The first-order chi connectivity index (χ1) is 9.51. The van der Waals surface area contributed by atoms with Crippen molar-refractivity contribution < 1.29 is 13.5 Å². The second kappa shape index (κ2) is 4.98. The molecule has 0 amide bonds. The summed E-state index contributed by atoms with van der Waals surface area (Å²) >= 11 is 1.66. The van der Waals surface area contributed by atoms with Crippen LogP contribution in [0.5, 0.6) is 0 Å². The second-order valence-corrected chi connectivity index (χ2v) is 8.29. The maximum Gasteiger partial charge on any atom is 0.178 e. The lowest BCUT2D eigenvalue weighted by Gasteiger charge is -2.34. The quantitative estimate of drug-likeness (QED) is 0.948. The highest BCUT2D eigenvalue weighted by Crippen LogP contribution is 2.40. The second-order valence-electron chi connectivity index (χ2n) is 5.18. The number of thiophene rings is 1. The lowest BCUT2D eigenvalue weighted by atomic mass is 9.86. The van der Waals surface area contributed by atoms with Gasteiger partial charge in [-0.1, -0.05) is 24.3 Å². The predicted octanol–water partition coefficient (Wildman–Crippen LogP) is 2.75. The maximum atomic E-state index is 12.1. The largest absolute Gasteiger partial charge is 0.385 e. The molecule has 2 aromatic rings. The molecule has 1 aromatic carbocycles. The smallest absolute Gasteiger partial charge is 0.178 e. The minimum Gasteiger partial charge on any atom is -0.385 e. The van der Waals surface area contributed by atoms with Crippen molar-refractivity contribution in [3.8, 4) is 0 Å². The molecule has 0 aliphatic carbocycles. The predicted molar refractivity (Wildman–Crippen MR) is 79.6 cm³/mol. The van der Waals surface area contributed by atoms with E-state index >= 15 is 0 Å². The molecule has 2 heterocycles. The van der Waals surface area contributed by atoms with Crippen molar-refractivity contribution in [3.05, 3.63) is 52.2 Å². The highest BCUT2D eigenvalue weighted by atomic mass is 32.2. The van der Waals surface area contributed by atoms with Crippen molar-refractivity contribution in [2.45, 2.75) is 29.8 Å². The molecule has 1 N–H and O–H groups in total. The van der Waals surface area contributed by atoms with Crippen molar-refractivity contribution in [1.29, 1.82) is 0 Å². The van der Waals surface area contributed by atoms with Crippen LogP contribution in [0.2, 0.25) is 0 Å². The van der Waals surface area contributed by atoms with E-state index in [0.29, 0.717) is 16.9 Å². The minimum atomic E-state index is -3.24. The van der Waals surface area contributed by atoms with Crippen molar-refractivity contribution in [2.24, 2.45) is 0 Å². The van der Waals surface area contributed by atoms with Crippen LogP contribution in [0, 0.1) is 0 Å². The van der Waals surface area contributed by atoms with Gasteiger partial charge in [0.1, 0.15) is 0 Å². The summed E-state index contributed by atoms with van der Waals surface area (Å²) in [5.41, 5.74) is -0.478. The molecule has 0 bridgehead atoms. The average molecular weight is 308 g/mol. The zero-order valence-corrected chi connectivity index (χ0v) is 12.6. The summed E-state index contributed by atoms with van der Waals surface area (Å²) < 4.78 is 24.2. The standard InChI is InChI=1S/C15H16O3S2/c16-15(8-7-12-4-3-10-19-12)9-11-20(17,18)14-6-2-1-5-13(14)15/h1-6,10,16H,7-9,11H2. The van der Waals surface area contributed by atoms with Gasteiger partial charge in [0.2, 0.25) is 0 Å². The summed E-state index contributed by atoms with van der Waals surface area (Å²) in [6.07, 6.45) is 1.60. The molecule has 5 heteroatoms. The molecular formula is C15H16O3S2. The van der Waals surface area contributed by atoms with Gasteiger partial charge in [-0.25, -0.2) is 8.42 Å². The van der Waals surface area contributed by atoms with E-state index in [9.17, 15) is 13.5 Å². The van der Waals surface area contributed by atoms with E-state index in [1.165, 1.54) is 4.88 Å². The fourth-order valence-corrected chi connectivity index (χ4v) is 5.13. The minimum absolute atomic E-state index is 0.0188. The van der Waals surface area contributed by atoms with Gasteiger partial charge in [-0.05, 0) is 36.8 Å². The van der Waals surface area contributed by atoms with E-state index in [0.717, 1.165) is 6.42 Å². The van der Waals surface area contributed by atoms with E-state index in [2.05, 4.69) is 0 Å². The number of aliphatic hydroxyl groups is 1. The number of aryl methyl sites for hydroxylation is 1. The summed E-state index contributed by atoms with van der Waals surface area (Å²) in [6, 6.07) is 10.9. The number of benzene rings is 1. The van der Waals surface area contributed by atoms with Crippen molar-refractivity contribution >= 4 is 21.2 Å². The molecule has 0 saturated heterocycles. The lowest BCUT2D eigenvalue weighted by molar-refractivity contribution is 0.0195. The lowest BCUT2D eigenvalue weighted by Crippen LogP contribution is -2.35. The van der Waals surface area contributed by atoms with Crippen LogP contribution in [-0.4, -0.2) is 19.3 Å². The summed E-state index contributed by atoms with van der Waals surface area (Å²) in [7, 11) is -3.24. The third-order valence-electron chi connectivity index (χ3n) is 3.87. The molecule has 1 aliphatic rings. The van der Waals surface area contributed by atoms with Gasteiger partial charge in [-0.3, -0.25) is 0 Å². The number of fused-ring (bicyclic) bond motifs is 1. The summed E-state index contributed by atoms with van der Waals surface area (Å²) in [4.78, 5) is 1.50. The van der Waals surface area contributed by atoms with Gasteiger partial charge in [-0.2, -0.15) is 0 Å². The van der Waals surface area contributed by atoms with Gasteiger partial charge in [0.15, 0.2) is 9.84 Å². The number of hydrogen-bond acceptors (Lipinski definition) is 4. The molecule has 20 heavy (non-hydrogen) atoms. The Bertz CT molecular complexity index is 704. The fraction of sp³-hybridized carbons (Fsp3) is 0.333. The van der Waals surface area contributed by atoms with Crippen LogP contribution < -0.4 is 0 Å². The maximum absolute atomic E-state index is 12.1. The highest BCUT2D eigenvalue weighted by Gasteiger charge is 2.39. The van der Waals surface area contributed by atoms with Gasteiger partial charge < -0.3 is 5.11 Å². The molecule has 0 saturated carbocycles. The molecular weight excluding hydrogens is 292 g/mol. The van der Waals surface area contributed by atoms with Gasteiger partial charge in [0, 0.05) is 10.4 Å². The van der Waals surface area contributed by atoms with E-state index in [1.54, 1.807) is 35.6 Å². The zero-order valence-electron chi connectivity index (χ0n) is 11.0. The van der Waals surface area contributed by atoms with Crippen LogP contribution in [-0.2, 0) is 21.9 Å². The van der Waals surface area contributed by atoms with Crippen molar-refractivity contribution in [1.82, 2.24) is 0 Å². The topological polar surface area (TPSA) is 54.4 Å². The zero-order chi connectivity index (χ0) is 14.2. The molecule has 3 rings (SSSR count). The first kappa shape index (κ1) is 13.8. The number of hydrogen-bond donors (Lipinski definition) is 1. The number of rotatable bonds is 3. The van der Waals surface area contributed by atoms with Crippen LogP contribution in [0.4, 0.5) is 0 Å². The third kappa shape index (κ3) is 2.41. The molecule has 1 unspecified atom stereocenters. The van der Waals surface area contributed by atoms with E-state index in [4.69, 9.17) is 0 Å². The van der Waals surface area contributed by atoms with Crippen molar-refractivity contribution in [3.63, 3.8) is 0 Å². The Morgan fingerprint density at radius 2 is 2.00 bits per heavy atom. The Morgan fingerprint density at radius 1 is 1.20 bits per heavy atom. The van der Waals surface area contributed by atoms with E-state index < -0.39 is 15.4 Å². The molecule has 0 fully saturated rings. The summed E-state index contributed by atoms with van der Waals surface area (Å²) in [5.74, 6) is 0.0188. The normalized spacial score (nSPS) is 24.2. The molecule has 0 radical (unpaired) electrons. The van der Waals surface area contributed by atoms with E-state index in [-0.39, 0.29) is 12.2 Å². The first-order valence-electron chi connectivity index (χ1n) is 6.58. The molecule has 106 valence electrons. The Kier molecular flexibility index (Phi) is 3.44. The molecule has 0 spiro atoms. The van der Waals surface area contributed by atoms with Crippen LogP contribution in [0.3, 0.4) is 0 Å². The SMILES string of the molecule is O=S1(=O)CCC(O)(CCc2cccs2)c2ccccc21. The first-order valence-corrected chi connectivity index (χ1v) is 9.11. The van der Waals surface area contributed by atoms with Crippen LogP contribution >= 0.6 is 11.3 Å². The molecule has 1 atom stereocenters. The van der Waals surface area contributed by atoms with Crippen LogP contribution in [0.1, 0.15) is 23.3 Å². The van der Waals surface area contributed by atoms with Gasteiger partial charge in [-0.15, -0.1) is 11.3 Å². The summed E-state index contributed by atoms with van der Waals surface area (Å²) in [5, 5.41) is 12.9. The molecule has 1 aliphatic heterocycles. The average Bonchev–Trinajstić information content (AvgIpc) is 2.96. The third-order valence-corrected chi connectivity index (χ3v) is 6.58. The van der Waals surface area contributed by atoms with Crippen molar-refractivity contribution in [2.75, 3.05) is 5.75 Å². The summed E-state index contributed by atoms with van der Waals surface area (Å²) in [6.45, 7) is 0. The highest BCUT2D eigenvalue weighted by molar-refractivity contribution is 7.91. The fourth-order valence-electron chi connectivity index (χ4n) is 2.71. The Morgan fingerprint density at radius 3 is 2.75 bits per heavy atom.